The molecule has 0 bridgehead atoms. The number of hydrogen-bond acceptors (Lipinski definition) is 2. The normalized spacial score (nSPS) is 14.4. The lowest BCUT2D eigenvalue weighted by molar-refractivity contribution is 0.187. The maximum Gasteiger partial charge on any atom is 0.0881 e. The standard InChI is InChI=1S/C16H20N2/c1-4-16(18(2)3,14-10-6-5-7-11-14)15-12-8-9-13-17-15/h5-13H,4H2,1-3H3. The number of pyridine rings is 1. The molecule has 1 atom stereocenters. The first-order valence-electron chi connectivity index (χ1n) is 6.36. The molecule has 1 aromatic carbocycles. The van der Waals surface area contributed by atoms with Crippen molar-refractivity contribution in [3.8, 4) is 0 Å². The average molecular weight is 240 g/mol. The summed E-state index contributed by atoms with van der Waals surface area (Å²) in [6, 6.07) is 16.7. The molecule has 0 N–H and O–H groups in total. The van der Waals surface area contributed by atoms with Crippen molar-refractivity contribution < 1.29 is 0 Å². The van der Waals surface area contributed by atoms with Crippen LogP contribution in [0.25, 0.3) is 0 Å². The fourth-order valence-corrected chi connectivity index (χ4v) is 2.66. The van der Waals surface area contributed by atoms with E-state index in [2.05, 4.69) is 73.4 Å². The second-order valence-corrected chi connectivity index (χ2v) is 4.69. The van der Waals surface area contributed by atoms with E-state index in [1.165, 1.54) is 5.56 Å². The molecule has 94 valence electrons. The third-order valence-corrected chi connectivity index (χ3v) is 3.62. The van der Waals surface area contributed by atoms with Gasteiger partial charge in [0.05, 0.1) is 11.2 Å². The zero-order valence-electron chi connectivity index (χ0n) is 11.3. The molecular weight excluding hydrogens is 220 g/mol. The van der Waals surface area contributed by atoms with Crippen molar-refractivity contribution in [1.29, 1.82) is 0 Å². The molecule has 18 heavy (non-hydrogen) atoms. The van der Waals surface area contributed by atoms with Gasteiger partial charge in [-0.3, -0.25) is 9.88 Å². The number of aromatic nitrogens is 1. The summed E-state index contributed by atoms with van der Waals surface area (Å²) >= 11 is 0. The van der Waals surface area contributed by atoms with Crippen LogP contribution in [0, 0.1) is 0 Å². The Kier molecular flexibility index (Phi) is 3.78. The predicted octanol–water partition coefficient (Wildman–Crippen LogP) is 3.30. The molecule has 2 rings (SSSR count). The lowest BCUT2D eigenvalue weighted by atomic mass is 9.82. The third-order valence-electron chi connectivity index (χ3n) is 3.62. The molecule has 0 saturated carbocycles. The average Bonchev–Trinajstić information content (AvgIpc) is 2.42. The number of rotatable bonds is 4. The van der Waals surface area contributed by atoms with E-state index >= 15 is 0 Å². The topological polar surface area (TPSA) is 16.1 Å². The number of benzene rings is 1. The molecule has 0 amide bonds. The maximum atomic E-state index is 4.58. The van der Waals surface area contributed by atoms with Gasteiger partial charge in [-0.1, -0.05) is 43.3 Å². The predicted molar refractivity (Wildman–Crippen MR) is 75.4 cm³/mol. The molecule has 2 nitrogen and oxygen atoms in total. The molecule has 0 saturated heterocycles. The highest BCUT2D eigenvalue weighted by molar-refractivity contribution is 5.34. The largest absolute Gasteiger partial charge is 0.295 e. The maximum absolute atomic E-state index is 4.58. The summed E-state index contributed by atoms with van der Waals surface area (Å²) in [4.78, 5) is 6.83. The summed E-state index contributed by atoms with van der Waals surface area (Å²) in [6.07, 6.45) is 2.85. The number of nitrogens with zero attached hydrogens (tertiary/aromatic N) is 2. The van der Waals surface area contributed by atoms with Crippen LogP contribution in [0.2, 0.25) is 0 Å². The Bertz CT molecular complexity index is 437. The van der Waals surface area contributed by atoms with E-state index in [0.717, 1.165) is 12.1 Å². The molecule has 1 aromatic heterocycles. The van der Waals surface area contributed by atoms with Gasteiger partial charge in [-0.2, -0.15) is 0 Å². The molecular formula is C16H20N2. The van der Waals surface area contributed by atoms with Crippen molar-refractivity contribution in [2.75, 3.05) is 14.1 Å². The Balaban J connectivity index is 2.61. The van der Waals surface area contributed by atoms with Crippen molar-refractivity contribution in [1.82, 2.24) is 9.88 Å². The van der Waals surface area contributed by atoms with Gasteiger partial charge in [0.15, 0.2) is 0 Å². The van der Waals surface area contributed by atoms with Crippen LogP contribution in [0.15, 0.2) is 54.7 Å². The van der Waals surface area contributed by atoms with E-state index in [9.17, 15) is 0 Å². The van der Waals surface area contributed by atoms with Crippen molar-refractivity contribution in [3.05, 3.63) is 66.0 Å². The Morgan fingerprint density at radius 3 is 2.17 bits per heavy atom. The second-order valence-electron chi connectivity index (χ2n) is 4.69. The molecule has 1 heterocycles. The van der Waals surface area contributed by atoms with Crippen LogP contribution < -0.4 is 0 Å². The van der Waals surface area contributed by atoms with E-state index in [0.29, 0.717) is 0 Å². The van der Waals surface area contributed by atoms with Gasteiger partial charge in [-0.15, -0.1) is 0 Å². The zero-order chi connectivity index (χ0) is 13.0. The molecule has 1 unspecified atom stereocenters. The quantitative estimate of drug-likeness (QED) is 0.815. The van der Waals surface area contributed by atoms with E-state index < -0.39 is 0 Å². The van der Waals surface area contributed by atoms with Gasteiger partial charge >= 0.3 is 0 Å². The fourth-order valence-electron chi connectivity index (χ4n) is 2.66. The van der Waals surface area contributed by atoms with Crippen LogP contribution in [-0.2, 0) is 5.54 Å². The molecule has 0 aliphatic rings. The Hall–Kier alpha value is -1.67. The second kappa shape index (κ2) is 5.32. The highest BCUT2D eigenvalue weighted by atomic mass is 15.2. The minimum atomic E-state index is -0.150. The lowest BCUT2D eigenvalue weighted by Gasteiger charge is -2.39. The minimum absolute atomic E-state index is 0.150. The van der Waals surface area contributed by atoms with Crippen LogP contribution in [0.1, 0.15) is 24.6 Å². The zero-order valence-corrected chi connectivity index (χ0v) is 11.3. The van der Waals surface area contributed by atoms with Crippen LogP contribution >= 0.6 is 0 Å². The van der Waals surface area contributed by atoms with Crippen molar-refractivity contribution in [2.24, 2.45) is 0 Å². The molecule has 0 fully saturated rings. The Labute approximate surface area is 109 Å². The van der Waals surface area contributed by atoms with Crippen LogP contribution in [0.4, 0.5) is 0 Å². The first kappa shape index (κ1) is 12.8. The van der Waals surface area contributed by atoms with E-state index in [1.807, 2.05) is 12.3 Å². The van der Waals surface area contributed by atoms with Gasteiger partial charge in [0, 0.05) is 6.20 Å². The van der Waals surface area contributed by atoms with Gasteiger partial charge in [0.25, 0.3) is 0 Å². The van der Waals surface area contributed by atoms with Crippen LogP contribution in [0.5, 0.6) is 0 Å². The van der Waals surface area contributed by atoms with Crippen molar-refractivity contribution in [2.45, 2.75) is 18.9 Å². The Morgan fingerprint density at radius 2 is 1.67 bits per heavy atom. The summed E-state index contributed by atoms with van der Waals surface area (Å²) in [5, 5.41) is 0. The van der Waals surface area contributed by atoms with Gasteiger partial charge in [-0.25, -0.2) is 0 Å². The Morgan fingerprint density at radius 1 is 1.00 bits per heavy atom. The summed E-state index contributed by atoms with van der Waals surface area (Å²) in [5.74, 6) is 0. The van der Waals surface area contributed by atoms with E-state index in [1.54, 1.807) is 0 Å². The summed E-state index contributed by atoms with van der Waals surface area (Å²) in [5.41, 5.74) is 2.24. The van der Waals surface area contributed by atoms with Crippen molar-refractivity contribution in [3.63, 3.8) is 0 Å². The highest BCUT2D eigenvalue weighted by Crippen LogP contribution is 2.35. The van der Waals surface area contributed by atoms with E-state index in [4.69, 9.17) is 0 Å². The molecule has 2 heteroatoms. The fraction of sp³-hybridized carbons (Fsp3) is 0.312. The van der Waals surface area contributed by atoms with Gasteiger partial charge in [0.1, 0.15) is 0 Å². The lowest BCUT2D eigenvalue weighted by Crippen LogP contribution is -2.42. The van der Waals surface area contributed by atoms with Gasteiger partial charge in [-0.05, 0) is 38.2 Å². The minimum Gasteiger partial charge on any atom is -0.295 e. The van der Waals surface area contributed by atoms with Crippen LogP contribution in [-0.4, -0.2) is 24.0 Å². The smallest absolute Gasteiger partial charge is 0.0881 e. The van der Waals surface area contributed by atoms with Crippen LogP contribution in [0.3, 0.4) is 0 Å². The van der Waals surface area contributed by atoms with Gasteiger partial charge < -0.3 is 0 Å². The number of hydrogen-bond donors (Lipinski definition) is 0. The summed E-state index contributed by atoms with van der Waals surface area (Å²) in [7, 11) is 4.23. The van der Waals surface area contributed by atoms with Crippen molar-refractivity contribution >= 4 is 0 Å². The summed E-state index contributed by atoms with van der Waals surface area (Å²) < 4.78 is 0. The van der Waals surface area contributed by atoms with Gasteiger partial charge in [0.2, 0.25) is 0 Å². The molecule has 2 aromatic rings. The molecule has 0 aliphatic heterocycles. The SMILES string of the molecule is CCC(c1ccccc1)(c1ccccn1)N(C)C. The molecule has 0 radical (unpaired) electrons. The first-order valence-corrected chi connectivity index (χ1v) is 6.36. The summed E-state index contributed by atoms with van der Waals surface area (Å²) in [6.45, 7) is 2.21. The monoisotopic (exact) mass is 240 g/mol. The molecule has 0 aliphatic carbocycles. The third kappa shape index (κ3) is 2.04. The molecule has 0 spiro atoms. The highest BCUT2D eigenvalue weighted by Gasteiger charge is 2.35. The van der Waals surface area contributed by atoms with E-state index in [-0.39, 0.29) is 5.54 Å². The first-order chi connectivity index (χ1) is 8.71.